The molecule has 0 radical (unpaired) electrons. The molecule has 1 amide bonds. The molecule has 0 spiro atoms. The molecule has 2 rings (SSSR count). The highest BCUT2D eigenvalue weighted by Gasteiger charge is 2.06. The van der Waals surface area contributed by atoms with Gasteiger partial charge in [-0.25, -0.2) is 4.39 Å². The number of carbonyl (C=O) groups excluding carboxylic acids is 1. The number of rotatable bonds is 4. The average molecular weight is 402 g/mol. The molecule has 2 aromatic carbocycles. The van der Waals surface area contributed by atoms with E-state index in [4.69, 9.17) is 5.73 Å². The molecule has 0 saturated carbocycles. The summed E-state index contributed by atoms with van der Waals surface area (Å²) in [6.45, 7) is 0. The smallest absolute Gasteiger partial charge is 0.234 e. The van der Waals surface area contributed by atoms with E-state index >= 15 is 0 Å². The van der Waals surface area contributed by atoms with Crippen LogP contribution < -0.4 is 11.1 Å². The molecule has 0 aromatic heterocycles. The van der Waals surface area contributed by atoms with Crippen molar-refractivity contribution < 1.29 is 9.18 Å². The summed E-state index contributed by atoms with van der Waals surface area (Å²) in [6.07, 6.45) is 0. The van der Waals surface area contributed by atoms with Crippen LogP contribution in [0.1, 0.15) is 0 Å². The van der Waals surface area contributed by atoms with E-state index < -0.39 is 5.82 Å². The van der Waals surface area contributed by atoms with Gasteiger partial charge in [0.1, 0.15) is 5.82 Å². The number of hydrogen-bond acceptors (Lipinski definition) is 3. The lowest BCUT2D eigenvalue weighted by Crippen LogP contribution is -2.14. The van der Waals surface area contributed by atoms with Crippen LogP contribution in [0, 0.1) is 9.39 Å². The summed E-state index contributed by atoms with van der Waals surface area (Å²) in [5.74, 6) is -0.378. The van der Waals surface area contributed by atoms with Crippen molar-refractivity contribution in [2.24, 2.45) is 0 Å². The van der Waals surface area contributed by atoms with Crippen molar-refractivity contribution in [2.75, 3.05) is 16.8 Å². The number of benzene rings is 2. The fourth-order valence-corrected chi connectivity index (χ4v) is 2.77. The zero-order chi connectivity index (χ0) is 14.5. The molecular formula is C14H12FIN2OS. The summed E-state index contributed by atoms with van der Waals surface area (Å²) in [4.78, 5) is 12.5. The van der Waals surface area contributed by atoms with Gasteiger partial charge in [0.2, 0.25) is 5.91 Å². The topological polar surface area (TPSA) is 55.1 Å². The van der Waals surface area contributed by atoms with Crippen molar-refractivity contribution >= 4 is 51.6 Å². The highest BCUT2D eigenvalue weighted by Crippen LogP contribution is 2.22. The third kappa shape index (κ3) is 4.38. The molecule has 3 nitrogen and oxygen atoms in total. The molecule has 104 valence electrons. The highest BCUT2D eigenvalue weighted by molar-refractivity contribution is 14.1. The molecule has 0 aliphatic rings. The predicted octanol–water partition coefficient (Wildman–Crippen LogP) is 3.74. The van der Waals surface area contributed by atoms with E-state index in [2.05, 4.69) is 27.9 Å². The number of nitrogens with two attached hydrogens (primary N) is 1. The van der Waals surface area contributed by atoms with Gasteiger partial charge in [0.05, 0.1) is 11.4 Å². The minimum Gasteiger partial charge on any atom is -0.396 e. The van der Waals surface area contributed by atoms with Gasteiger partial charge in [-0.05, 0) is 59.0 Å². The molecule has 0 atom stereocenters. The van der Waals surface area contributed by atoms with Gasteiger partial charge in [-0.15, -0.1) is 11.8 Å². The third-order valence-corrected chi connectivity index (χ3v) is 4.12. The lowest BCUT2D eigenvalue weighted by atomic mass is 10.3. The third-order valence-electron chi connectivity index (χ3n) is 2.45. The molecule has 2 aromatic rings. The van der Waals surface area contributed by atoms with Gasteiger partial charge in [-0.1, -0.05) is 6.07 Å². The number of nitrogens with one attached hydrogen (secondary N) is 1. The Morgan fingerprint density at radius 2 is 2.10 bits per heavy atom. The molecule has 0 saturated heterocycles. The van der Waals surface area contributed by atoms with Crippen molar-refractivity contribution in [3.8, 4) is 0 Å². The lowest BCUT2D eigenvalue weighted by molar-refractivity contribution is -0.113. The second-order valence-corrected chi connectivity index (χ2v) is 6.32. The maximum Gasteiger partial charge on any atom is 0.234 e. The predicted molar refractivity (Wildman–Crippen MR) is 89.3 cm³/mol. The Morgan fingerprint density at radius 1 is 1.30 bits per heavy atom. The molecule has 6 heteroatoms. The van der Waals surface area contributed by atoms with Gasteiger partial charge in [0.15, 0.2) is 0 Å². The first-order chi connectivity index (χ1) is 9.54. The summed E-state index contributed by atoms with van der Waals surface area (Å²) in [6, 6.07) is 12.1. The Bertz CT molecular complexity index is 636. The van der Waals surface area contributed by atoms with Crippen molar-refractivity contribution in [3.63, 3.8) is 0 Å². The van der Waals surface area contributed by atoms with Crippen LogP contribution in [0.2, 0.25) is 0 Å². The van der Waals surface area contributed by atoms with Crippen molar-refractivity contribution in [3.05, 3.63) is 51.9 Å². The minimum absolute atomic E-state index is 0.109. The molecule has 3 N–H and O–H groups in total. The summed E-state index contributed by atoms with van der Waals surface area (Å²) in [5, 5.41) is 2.80. The number of hydrogen-bond donors (Lipinski definition) is 2. The zero-order valence-electron chi connectivity index (χ0n) is 10.4. The summed E-state index contributed by atoms with van der Waals surface area (Å²) >= 11 is 3.44. The molecule has 20 heavy (non-hydrogen) atoms. The zero-order valence-corrected chi connectivity index (χ0v) is 13.4. The van der Waals surface area contributed by atoms with E-state index in [1.807, 2.05) is 24.3 Å². The molecule has 0 aliphatic carbocycles. The van der Waals surface area contributed by atoms with E-state index in [1.165, 1.54) is 23.9 Å². The van der Waals surface area contributed by atoms with Gasteiger partial charge < -0.3 is 11.1 Å². The van der Waals surface area contributed by atoms with Gasteiger partial charge >= 0.3 is 0 Å². The summed E-state index contributed by atoms with van der Waals surface area (Å²) in [5.41, 5.74) is 6.26. The van der Waals surface area contributed by atoms with E-state index in [1.54, 1.807) is 6.07 Å². The second-order valence-electron chi connectivity index (χ2n) is 4.03. The average Bonchev–Trinajstić information content (AvgIpc) is 2.40. The fraction of sp³-hybridized carbons (Fsp3) is 0.0714. The second kappa shape index (κ2) is 6.94. The van der Waals surface area contributed by atoms with Crippen molar-refractivity contribution in [2.45, 2.75) is 4.90 Å². The number of thioether (sulfide) groups is 1. The molecular weight excluding hydrogens is 390 g/mol. The number of amides is 1. The Kier molecular flexibility index (Phi) is 5.24. The molecule has 0 fully saturated rings. The van der Waals surface area contributed by atoms with Crippen LogP contribution in [0.5, 0.6) is 0 Å². The van der Waals surface area contributed by atoms with Gasteiger partial charge in [0, 0.05) is 14.2 Å². The van der Waals surface area contributed by atoms with Crippen LogP contribution in [-0.2, 0) is 4.79 Å². The van der Waals surface area contributed by atoms with Gasteiger partial charge in [0.25, 0.3) is 0 Å². The van der Waals surface area contributed by atoms with Gasteiger partial charge in [-0.3, -0.25) is 4.79 Å². The Balaban J connectivity index is 1.90. The Hall–Kier alpha value is -1.28. The van der Waals surface area contributed by atoms with E-state index in [9.17, 15) is 9.18 Å². The normalized spacial score (nSPS) is 10.3. The highest BCUT2D eigenvalue weighted by atomic mass is 127. The van der Waals surface area contributed by atoms with Crippen LogP contribution in [0.3, 0.4) is 0 Å². The summed E-state index contributed by atoms with van der Waals surface area (Å²) in [7, 11) is 0. The first-order valence-electron chi connectivity index (χ1n) is 5.78. The van der Waals surface area contributed by atoms with Gasteiger partial charge in [-0.2, -0.15) is 0 Å². The van der Waals surface area contributed by atoms with E-state index in [-0.39, 0.29) is 17.3 Å². The lowest BCUT2D eigenvalue weighted by Gasteiger charge is -2.06. The van der Waals surface area contributed by atoms with Crippen molar-refractivity contribution in [1.29, 1.82) is 0 Å². The molecule has 0 bridgehead atoms. The monoisotopic (exact) mass is 402 g/mol. The fourth-order valence-electron chi connectivity index (χ4n) is 1.51. The van der Waals surface area contributed by atoms with E-state index in [0.717, 1.165) is 9.26 Å². The van der Waals surface area contributed by atoms with E-state index in [0.29, 0.717) is 4.90 Å². The van der Waals surface area contributed by atoms with Crippen LogP contribution in [0.15, 0.2) is 47.4 Å². The number of carbonyl (C=O) groups is 1. The Morgan fingerprint density at radius 3 is 2.80 bits per heavy atom. The maximum atomic E-state index is 13.3. The minimum atomic E-state index is -0.465. The van der Waals surface area contributed by atoms with Crippen LogP contribution >= 0.6 is 34.4 Å². The molecule has 0 aliphatic heterocycles. The first-order valence-corrected chi connectivity index (χ1v) is 7.84. The SMILES string of the molecule is Nc1ccc(SCC(=O)Nc2cccc(I)c2)cc1F. The van der Waals surface area contributed by atoms with Crippen molar-refractivity contribution in [1.82, 2.24) is 0 Å². The number of anilines is 2. The first kappa shape index (κ1) is 15.1. The number of halogens is 2. The summed E-state index contributed by atoms with van der Waals surface area (Å²) < 4.78 is 14.3. The largest absolute Gasteiger partial charge is 0.396 e. The Labute approximate surface area is 134 Å². The van der Waals surface area contributed by atoms with Crippen LogP contribution in [0.25, 0.3) is 0 Å². The number of nitrogen functional groups attached to an aromatic ring is 1. The molecule has 0 unspecified atom stereocenters. The quantitative estimate of drug-likeness (QED) is 0.466. The maximum absolute atomic E-state index is 13.3. The van der Waals surface area contributed by atoms with Crippen LogP contribution in [-0.4, -0.2) is 11.7 Å². The molecule has 0 heterocycles. The van der Waals surface area contributed by atoms with Crippen LogP contribution in [0.4, 0.5) is 15.8 Å². The standard InChI is InChI=1S/C14H12FIN2OS/c15-12-7-11(4-5-13(12)17)20-8-14(19)18-10-3-1-2-9(16)6-10/h1-7H,8,17H2,(H,18,19).